The number of aliphatic hydroxyl groups excluding tert-OH is 1. The van der Waals surface area contributed by atoms with Gasteiger partial charge in [-0.05, 0) is 12.5 Å². The van der Waals surface area contributed by atoms with Crippen LogP contribution in [-0.4, -0.2) is 47.0 Å². The molecule has 1 fully saturated rings. The van der Waals surface area contributed by atoms with E-state index in [0.29, 0.717) is 0 Å². The number of halogens is 1. The summed E-state index contributed by atoms with van der Waals surface area (Å²) in [5.74, 6) is -0.102. The number of carbonyl (C=O) groups is 1. The number of carbonyl (C=O) groups excluding carboxylic acids is 1. The number of likely N-dealkylation sites (tertiary alicyclic amines) is 1. The fourth-order valence-corrected chi connectivity index (χ4v) is 2.64. The van der Waals surface area contributed by atoms with E-state index in [4.69, 9.17) is 11.6 Å². The van der Waals surface area contributed by atoms with Crippen LogP contribution in [0.5, 0.6) is 0 Å². The number of aliphatic hydroxyl groups is 1. The Bertz CT molecular complexity index is 439. The first-order valence-corrected chi connectivity index (χ1v) is 7.35. The molecule has 0 aliphatic carbocycles. The van der Waals surface area contributed by atoms with Crippen LogP contribution in [0.25, 0.3) is 0 Å². The lowest BCUT2D eigenvalue weighted by molar-refractivity contribution is -0.121. The first-order valence-electron chi connectivity index (χ1n) is 6.91. The first-order chi connectivity index (χ1) is 9.60. The molecule has 1 unspecified atom stereocenters. The summed E-state index contributed by atoms with van der Waals surface area (Å²) < 4.78 is 0. The molecule has 1 saturated heterocycles. The van der Waals surface area contributed by atoms with Crippen molar-refractivity contribution in [3.05, 3.63) is 35.9 Å². The predicted molar refractivity (Wildman–Crippen MR) is 79.5 cm³/mol. The second-order valence-electron chi connectivity index (χ2n) is 5.35. The van der Waals surface area contributed by atoms with Gasteiger partial charge in [0.2, 0.25) is 5.91 Å². The van der Waals surface area contributed by atoms with Crippen LogP contribution in [0.4, 0.5) is 0 Å². The normalized spacial score (nSPS) is 24.6. The average molecular weight is 297 g/mol. The largest absolute Gasteiger partial charge is 0.396 e. The summed E-state index contributed by atoms with van der Waals surface area (Å²) in [5, 5.41) is 11.8. The minimum atomic E-state index is -0.544. The molecule has 4 nitrogen and oxygen atoms in total. The number of nitrogens with one attached hydrogen (secondary N) is 1. The number of hydrogen-bond donors (Lipinski definition) is 2. The summed E-state index contributed by atoms with van der Waals surface area (Å²) in [7, 11) is 0. The van der Waals surface area contributed by atoms with Gasteiger partial charge in [-0.15, -0.1) is 11.6 Å². The fraction of sp³-hybridized carbons (Fsp3) is 0.533. The first kappa shape index (κ1) is 15.3. The second-order valence-corrected chi connectivity index (χ2v) is 6.01. The van der Waals surface area contributed by atoms with Gasteiger partial charge in [-0.1, -0.05) is 30.3 Å². The lowest BCUT2D eigenvalue weighted by Gasteiger charge is -2.18. The highest BCUT2D eigenvalue weighted by atomic mass is 35.5. The molecule has 0 spiro atoms. The molecule has 1 aromatic carbocycles. The molecule has 110 valence electrons. The fourth-order valence-electron chi connectivity index (χ4n) is 2.58. The van der Waals surface area contributed by atoms with Gasteiger partial charge in [-0.2, -0.15) is 0 Å². The number of amides is 1. The maximum atomic E-state index is 11.7. The van der Waals surface area contributed by atoms with Crippen molar-refractivity contribution in [1.29, 1.82) is 0 Å². The van der Waals surface area contributed by atoms with Crippen LogP contribution in [0.2, 0.25) is 0 Å². The molecular weight excluding hydrogens is 276 g/mol. The monoisotopic (exact) mass is 296 g/mol. The minimum absolute atomic E-state index is 0.0302. The molecule has 1 aromatic rings. The average Bonchev–Trinajstić information content (AvgIpc) is 2.81. The Hall–Kier alpha value is -1.10. The highest BCUT2D eigenvalue weighted by Gasteiger charge is 2.33. The molecule has 2 N–H and O–H groups in total. The van der Waals surface area contributed by atoms with Crippen molar-refractivity contribution >= 4 is 17.5 Å². The van der Waals surface area contributed by atoms with Crippen LogP contribution >= 0.6 is 11.6 Å². The van der Waals surface area contributed by atoms with Gasteiger partial charge in [0.1, 0.15) is 5.38 Å². The maximum absolute atomic E-state index is 11.7. The van der Waals surface area contributed by atoms with Gasteiger partial charge in [-0.3, -0.25) is 9.69 Å². The summed E-state index contributed by atoms with van der Waals surface area (Å²) in [6.07, 6.45) is 0. The Kier molecular flexibility index (Phi) is 5.40. The molecule has 3 atom stereocenters. The Morgan fingerprint density at radius 1 is 1.45 bits per heavy atom. The van der Waals surface area contributed by atoms with Gasteiger partial charge in [0.05, 0.1) is 0 Å². The van der Waals surface area contributed by atoms with Crippen LogP contribution in [0.1, 0.15) is 12.5 Å². The van der Waals surface area contributed by atoms with Crippen LogP contribution < -0.4 is 5.32 Å². The van der Waals surface area contributed by atoms with Crippen LogP contribution in [0, 0.1) is 5.92 Å². The smallest absolute Gasteiger partial charge is 0.238 e. The predicted octanol–water partition coefficient (Wildman–Crippen LogP) is 1.22. The Morgan fingerprint density at radius 3 is 2.75 bits per heavy atom. The van der Waals surface area contributed by atoms with E-state index in [1.807, 2.05) is 18.2 Å². The Morgan fingerprint density at radius 2 is 2.15 bits per heavy atom. The molecule has 0 bridgehead atoms. The molecule has 20 heavy (non-hydrogen) atoms. The number of nitrogens with zero attached hydrogens (tertiary/aromatic N) is 1. The number of alkyl halides is 1. The third kappa shape index (κ3) is 3.95. The van der Waals surface area contributed by atoms with E-state index in [1.54, 1.807) is 6.92 Å². The third-order valence-corrected chi connectivity index (χ3v) is 3.89. The molecule has 0 saturated carbocycles. The quantitative estimate of drug-likeness (QED) is 0.804. The third-order valence-electron chi connectivity index (χ3n) is 3.69. The van der Waals surface area contributed by atoms with Crippen LogP contribution in [-0.2, 0) is 11.3 Å². The van der Waals surface area contributed by atoms with Crippen LogP contribution in [0.3, 0.4) is 0 Å². The summed E-state index contributed by atoms with van der Waals surface area (Å²) in [6.45, 7) is 4.09. The molecule has 1 aliphatic heterocycles. The van der Waals surface area contributed by atoms with Crippen molar-refractivity contribution in [2.75, 3.05) is 19.7 Å². The summed E-state index contributed by atoms with van der Waals surface area (Å²) in [4.78, 5) is 13.9. The second kappa shape index (κ2) is 7.07. The van der Waals surface area contributed by atoms with E-state index in [1.165, 1.54) is 5.56 Å². The lowest BCUT2D eigenvalue weighted by Crippen LogP contribution is -2.44. The Balaban J connectivity index is 1.93. The summed E-state index contributed by atoms with van der Waals surface area (Å²) >= 11 is 5.78. The zero-order valence-electron chi connectivity index (χ0n) is 11.6. The number of hydrogen-bond acceptors (Lipinski definition) is 3. The van der Waals surface area contributed by atoms with Crippen molar-refractivity contribution in [2.24, 2.45) is 5.92 Å². The molecular formula is C15H21ClN2O2. The van der Waals surface area contributed by atoms with Crippen molar-refractivity contribution in [3.63, 3.8) is 0 Å². The molecule has 1 amide bonds. The summed E-state index contributed by atoms with van der Waals surface area (Å²) in [6, 6.07) is 10.2. The van der Waals surface area contributed by atoms with E-state index in [0.717, 1.165) is 19.6 Å². The van der Waals surface area contributed by atoms with Gasteiger partial charge in [0.25, 0.3) is 0 Å². The van der Waals surface area contributed by atoms with Gasteiger partial charge in [-0.25, -0.2) is 0 Å². The number of benzene rings is 1. The minimum Gasteiger partial charge on any atom is -0.396 e. The summed E-state index contributed by atoms with van der Waals surface area (Å²) in [5.41, 5.74) is 1.24. The molecule has 1 aliphatic rings. The Labute approximate surface area is 124 Å². The zero-order chi connectivity index (χ0) is 14.5. The van der Waals surface area contributed by atoms with E-state index >= 15 is 0 Å². The van der Waals surface area contributed by atoms with Gasteiger partial charge < -0.3 is 10.4 Å². The van der Waals surface area contributed by atoms with Crippen molar-refractivity contribution in [3.8, 4) is 0 Å². The van der Waals surface area contributed by atoms with Gasteiger partial charge in [0.15, 0.2) is 0 Å². The standard InChI is InChI=1S/C15H21ClN2O2/c1-11(16)15(20)17-14-9-18(8-13(14)10-19)7-12-5-3-2-4-6-12/h2-6,11,13-14,19H,7-10H2,1H3,(H,17,20)/t11?,13-,14+/m0/s1. The maximum Gasteiger partial charge on any atom is 0.238 e. The van der Waals surface area contributed by atoms with E-state index in [2.05, 4.69) is 22.3 Å². The van der Waals surface area contributed by atoms with Crippen LogP contribution in [0.15, 0.2) is 30.3 Å². The van der Waals surface area contributed by atoms with Crippen molar-refractivity contribution in [1.82, 2.24) is 10.2 Å². The van der Waals surface area contributed by atoms with Gasteiger partial charge >= 0.3 is 0 Å². The van der Waals surface area contributed by atoms with E-state index in [-0.39, 0.29) is 24.5 Å². The molecule has 5 heteroatoms. The van der Waals surface area contributed by atoms with E-state index < -0.39 is 5.38 Å². The molecule has 0 aromatic heterocycles. The topological polar surface area (TPSA) is 52.6 Å². The van der Waals surface area contributed by atoms with Crippen molar-refractivity contribution in [2.45, 2.75) is 24.9 Å². The zero-order valence-corrected chi connectivity index (χ0v) is 12.4. The van der Waals surface area contributed by atoms with E-state index in [9.17, 15) is 9.90 Å². The molecule has 2 rings (SSSR count). The molecule has 0 radical (unpaired) electrons. The number of rotatable bonds is 5. The van der Waals surface area contributed by atoms with Gasteiger partial charge in [0, 0.05) is 38.2 Å². The molecule has 1 heterocycles. The SMILES string of the molecule is CC(Cl)C(=O)N[C@@H]1CN(Cc2ccccc2)C[C@H]1CO. The highest BCUT2D eigenvalue weighted by Crippen LogP contribution is 2.19. The van der Waals surface area contributed by atoms with Crippen molar-refractivity contribution < 1.29 is 9.90 Å². The lowest BCUT2D eigenvalue weighted by atomic mass is 10.1. The highest BCUT2D eigenvalue weighted by molar-refractivity contribution is 6.30.